The third kappa shape index (κ3) is 5.07. The van der Waals surface area contributed by atoms with Gasteiger partial charge in [-0.2, -0.15) is 0 Å². The number of rotatable bonds is 6. The van der Waals surface area contributed by atoms with E-state index < -0.39 is 9.84 Å². The van der Waals surface area contributed by atoms with Crippen molar-refractivity contribution in [3.05, 3.63) is 0 Å². The lowest BCUT2D eigenvalue weighted by molar-refractivity contribution is -0.0138. The van der Waals surface area contributed by atoms with Crippen molar-refractivity contribution < 1.29 is 13.5 Å². The van der Waals surface area contributed by atoms with Crippen LogP contribution in [0.2, 0.25) is 0 Å². The van der Waals surface area contributed by atoms with E-state index >= 15 is 0 Å². The van der Waals surface area contributed by atoms with Gasteiger partial charge in [0, 0.05) is 5.75 Å². The summed E-state index contributed by atoms with van der Waals surface area (Å²) in [5.74, 6) is 1.37. The van der Waals surface area contributed by atoms with Crippen LogP contribution in [0.4, 0.5) is 0 Å². The van der Waals surface area contributed by atoms with Crippen LogP contribution >= 0.6 is 0 Å². The van der Waals surface area contributed by atoms with Gasteiger partial charge in [0.15, 0.2) is 0 Å². The molecule has 4 heteroatoms. The van der Waals surface area contributed by atoms with Crippen molar-refractivity contribution >= 4 is 9.84 Å². The molecule has 1 aliphatic rings. The Hall–Kier alpha value is -0.0900. The second kappa shape index (κ2) is 6.57. The quantitative estimate of drug-likeness (QED) is 0.818. The molecule has 19 heavy (non-hydrogen) atoms. The van der Waals surface area contributed by atoms with Gasteiger partial charge in [-0.3, -0.25) is 0 Å². The standard InChI is InChI=1S/C15H30O3S/c1-5-9-19(17,18)10-8-15(3,4)13-7-6-12(2)11-14(13)16/h12-14,16H,5-11H2,1-4H3. The molecule has 1 fully saturated rings. The lowest BCUT2D eigenvalue weighted by Gasteiger charge is -2.42. The molecule has 0 bridgehead atoms. The van der Waals surface area contributed by atoms with Crippen LogP contribution in [-0.4, -0.2) is 31.1 Å². The minimum atomic E-state index is -2.91. The van der Waals surface area contributed by atoms with Crippen molar-refractivity contribution in [1.82, 2.24) is 0 Å². The third-order valence-corrected chi connectivity index (χ3v) is 6.51. The van der Waals surface area contributed by atoms with Gasteiger partial charge in [0.1, 0.15) is 9.84 Å². The van der Waals surface area contributed by atoms with Crippen LogP contribution in [-0.2, 0) is 9.84 Å². The second-order valence-corrected chi connectivity index (χ2v) is 9.29. The Labute approximate surface area is 118 Å². The minimum Gasteiger partial charge on any atom is -0.393 e. The highest BCUT2D eigenvalue weighted by Gasteiger charge is 2.38. The Morgan fingerprint density at radius 3 is 2.37 bits per heavy atom. The highest BCUT2D eigenvalue weighted by molar-refractivity contribution is 7.91. The Morgan fingerprint density at radius 2 is 1.84 bits per heavy atom. The fraction of sp³-hybridized carbons (Fsp3) is 1.00. The maximum Gasteiger partial charge on any atom is 0.150 e. The summed E-state index contributed by atoms with van der Waals surface area (Å²) in [7, 11) is -2.91. The number of hydrogen-bond donors (Lipinski definition) is 1. The minimum absolute atomic E-state index is 0.0969. The highest BCUT2D eigenvalue weighted by atomic mass is 32.2. The van der Waals surface area contributed by atoms with Gasteiger partial charge in [0.05, 0.1) is 11.9 Å². The van der Waals surface area contributed by atoms with Gasteiger partial charge >= 0.3 is 0 Å². The first-order chi connectivity index (χ1) is 8.68. The summed E-state index contributed by atoms with van der Waals surface area (Å²) in [6.07, 6.45) is 4.09. The lowest BCUT2D eigenvalue weighted by atomic mass is 9.66. The molecule has 1 saturated carbocycles. The molecular weight excluding hydrogens is 260 g/mol. The average Bonchev–Trinajstić information content (AvgIpc) is 2.26. The topological polar surface area (TPSA) is 54.4 Å². The van der Waals surface area contributed by atoms with Gasteiger partial charge in [-0.15, -0.1) is 0 Å². The zero-order valence-electron chi connectivity index (χ0n) is 12.9. The normalized spacial score (nSPS) is 29.4. The Morgan fingerprint density at radius 1 is 1.21 bits per heavy atom. The van der Waals surface area contributed by atoms with Gasteiger partial charge in [-0.05, 0) is 42.9 Å². The fourth-order valence-electron chi connectivity index (χ4n) is 3.28. The fourth-order valence-corrected chi connectivity index (χ4v) is 4.94. The first kappa shape index (κ1) is 17.0. The van der Waals surface area contributed by atoms with Gasteiger partial charge < -0.3 is 5.11 Å². The van der Waals surface area contributed by atoms with E-state index in [1.807, 2.05) is 6.92 Å². The van der Waals surface area contributed by atoms with Crippen LogP contribution in [0.25, 0.3) is 0 Å². The van der Waals surface area contributed by atoms with Crippen LogP contribution in [0, 0.1) is 17.3 Å². The van der Waals surface area contributed by atoms with Crippen molar-refractivity contribution in [2.24, 2.45) is 17.3 Å². The molecule has 3 atom stereocenters. The molecule has 0 radical (unpaired) electrons. The monoisotopic (exact) mass is 290 g/mol. The van der Waals surface area contributed by atoms with Crippen molar-refractivity contribution in [2.45, 2.75) is 65.9 Å². The maximum absolute atomic E-state index is 11.8. The Kier molecular flexibility index (Phi) is 5.87. The van der Waals surface area contributed by atoms with Gasteiger partial charge in [0.25, 0.3) is 0 Å². The first-order valence-electron chi connectivity index (χ1n) is 7.56. The van der Waals surface area contributed by atoms with E-state index in [9.17, 15) is 13.5 Å². The molecule has 0 amide bonds. The molecule has 0 aromatic heterocycles. The second-order valence-electron chi connectivity index (χ2n) is 6.98. The van der Waals surface area contributed by atoms with Crippen molar-refractivity contribution in [3.63, 3.8) is 0 Å². The van der Waals surface area contributed by atoms with E-state index in [-0.39, 0.29) is 28.9 Å². The molecule has 1 rings (SSSR count). The zero-order valence-corrected chi connectivity index (χ0v) is 13.7. The molecule has 1 N–H and O–H groups in total. The molecule has 0 heterocycles. The van der Waals surface area contributed by atoms with E-state index in [2.05, 4.69) is 20.8 Å². The third-order valence-electron chi connectivity index (χ3n) is 4.66. The van der Waals surface area contributed by atoms with Gasteiger partial charge in [-0.1, -0.05) is 34.1 Å². The van der Waals surface area contributed by atoms with Crippen LogP contribution in [0.1, 0.15) is 59.8 Å². The Balaban J connectivity index is 2.60. The summed E-state index contributed by atoms with van der Waals surface area (Å²) in [5, 5.41) is 10.3. The molecule has 0 saturated heterocycles. The van der Waals surface area contributed by atoms with Crippen molar-refractivity contribution in [2.75, 3.05) is 11.5 Å². The van der Waals surface area contributed by atoms with E-state index in [1.54, 1.807) is 0 Å². The SMILES string of the molecule is CCCS(=O)(=O)CCC(C)(C)C1CCC(C)CC1O. The molecular formula is C15H30O3S. The van der Waals surface area contributed by atoms with Gasteiger partial charge in [-0.25, -0.2) is 8.42 Å². The predicted octanol–water partition coefficient (Wildman–Crippen LogP) is 3.02. The molecule has 0 aromatic carbocycles. The van der Waals surface area contributed by atoms with Crippen LogP contribution in [0.5, 0.6) is 0 Å². The molecule has 3 unspecified atom stereocenters. The largest absolute Gasteiger partial charge is 0.393 e. The summed E-state index contributed by atoms with van der Waals surface area (Å²) in [4.78, 5) is 0. The zero-order chi connectivity index (χ0) is 14.7. The summed E-state index contributed by atoms with van der Waals surface area (Å²) in [6.45, 7) is 8.30. The van der Waals surface area contributed by atoms with Gasteiger partial charge in [0.2, 0.25) is 0 Å². The highest BCUT2D eigenvalue weighted by Crippen LogP contribution is 2.42. The van der Waals surface area contributed by atoms with Crippen LogP contribution < -0.4 is 0 Å². The molecule has 0 spiro atoms. The molecule has 114 valence electrons. The number of aliphatic hydroxyl groups excluding tert-OH is 1. The first-order valence-corrected chi connectivity index (χ1v) is 9.38. The average molecular weight is 290 g/mol. The molecule has 3 nitrogen and oxygen atoms in total. The molecule has 0 aliphatic heterocycles. The lowest BCUT2D eigenvalue weighted by Crippen LogP contribution is -2.39. The smallest absolute Gasteiger partial charge is 0.150 e. The van der Waals surface area contributed by atoms with Crippen LogP contribution in [0.15, 0.2) is 0 Å². The van der Waals surface area contributed by atoms with Crippen LogP contribution in [0.3, 0.4) is 0 Å². The summed E-state index contributed by atoms with van der Waals surface area (Å²) >= 11 is 0. The van der Waals surface area contributed by atoms with E-state index in [4.69, 9.17) is 0 Å². The summed E-state index contributed by atoms with van der Waals surface area (Å²) in [5.41, 5.74) is -0.0969. The molecule has 1 aliphatic carbocycles. The van der Waals surface area contributed by atoms with Crippen molar-refractivity contribution in [3.8, 4) is 0 Å². The number of hydrogen-bond acceptors (Lipinski definition) is 3. The maximum atomic E-state index is 11.8. The number of aliphatic hydroxyl groups is 1. The molecule has 0 aromatic rings. The van der Waals surface area contributed by atoms with Crippen molar-refractivity contribution in [1.29, 1.82) is 0 Å². The van der Waals surface area contributed by atoms with E-state index in [1.165, 1.54) is 0 Å². The van der Waals surface area contributed by atoms with E-state index in [0.717, 1.165) is 19.3 Å². The van der Waals surface area contributed by atoms with E-state index in [0.29, 0.717) is 18.8 Å². The summed E-state index contributed by atoms with van der Waals surface area (Å²) < 4.78 is 23.7. The summed E-state index contributed by atoms with van der Waals surface area (Å²) in [6, 6.07) is 0. The number of sulfone groups is 1. The Bertz CT molecular complexity index is 373. The predicted molar refractivity (Wildman–Crippen MR) is 79.9 cm³/mol.